The summed E-state index contributed by atoms with van der Waals surface area (Å²) in [6.45, 7) is 19.9. The second kappa shape index (κ2) is 22.0. The Bertz CT molecular complexity index is 766. The summed E-state index contributed by atoms with van der Waals surface area (Å²) >= 11 is 0. The molecule has 34 heavy (non-hydrogen) atoms. The lowest BCUT2D eigenvalue weighted by molar-refractivity contribution is -0.131. The van der Waals surface area contributed by atoms with Crippen LogP contribution in [-0.2, 0) is 4.79 Å². The molecule has 0 saturated heterocycles. The van der Waals surface area contributed by atoms with Crippen LogP contribution >= 0.6 is 0 Å². The average molecular weight is 464 g/mol. The van der Waals surface area contributed by atoms with Gasteiger partial charge >= 0.3 is 0 Å². The molecule has 0 heterocycles. The van der Waals surface area contributed by atoms with Crippen LogP contribution < -0.4 is 0 Å². The van der Waals surface area contributed by atoms with Gasteiger partial charge in [0.2, 0.25) is 5.91 Å². The van der Waals surface area contributed by atoms with E-state index in [2.05, 4.69) is 44.0 Å². The van der Waals surface area contributed by atoms with Gasteiger partial charge in [0.15, 0.2) is 0 Å². The fraction of sp³-hybridized carbons (Fsp3) is 0.469. The maximum Gasteiger partial charge on any atom is 0.223 e. The highest BCUT2D eigenvalue weighted by Gasteiger charge is 2.21. The van der Waals surface area contributed by atoms with Gasteiger partial charge in [-0.2, -0.15) is 0 Å². The molecule has 0 aliphatic rings. The van der Waals surface area contributed by atoms with E-state index in [1.807, 2.05) is 89.8 Å². The molecule has 2 aromatic rings. The summed E-state index contributed by atoms with van der Waals surface area (Å²) in [5, 5.41) is 0. The summed E-state index contributed by atoms with van der Waals surface area (Å²) in [4.78, 5) is 14.8. The lowest BCUT2D eigenvalue weighted by Crippen LogP contribution is -2.33. The molecule has 2 nitrogen and oxygen atoms in total. The zero-order chi connectivity index (χ0) is 26.4. The van der Waals surface area contributed by atoms with Gasteiger partial charge in [-0.25, -0.2) is 0 Å². The minimum absolute atomic E-state index is 0.126. The maximum absolute atomic E-state index is 12.8. The number of benzene rings is 2. The molecule has 0 bridgehead atoms. The molecule has 0 radical (unpaired) electrons. The van der Waals surface area contributed by atoms with Gasteiger partial charge in [0.25, 0.3) is 0 Å². The van der Waals surface area contributed by atoms with E-state index in [1.165, 1.54) is 16.7 Å². The Labute approximate surface area is 211 Å². The van der Waals surface area contributed by atoms with Crippen LogP contribution in [0.25, 0.3) is 0 Å². The highest BCUT2D eigenvalue weighted by Crippen LogP contribution is 2.28. The SMILES string of the molecule is C#CC(C)=C(C)C.CC.CC.CCCN(CCC)C(=O)CC(c1ccccc1)c1ccccc1. The van der Waals surface area contributed by atoms with Crippen molar-refractivity contribution in [2.75, 3.05) is 13.1 Å². The van der Waals surface area contributed by atoms with Crippen molar-refractivity contribution in [3.63, 3.8) is 0 Å². The first kappa shape index (κ1) is 33.4. The molecule has 0 N–H and O–H groups in total. The molecule has 0 spiro atoms. The molecule has 2 rings (SSSR count). The van der Waals surface area contributed by atoms with Gasteiger partial charge in [-0.05, 0) is 50.3 Å². The number of nitrogens with zero attached hydrogens (tertiary/aromatic N) is 1. The highest BCUT2D eigenvalue weighted by molar-refractivity contribution is 5.77. The smallest absolute Gasteiger partial charge is 0.223 e. The third-order valence-electron chi connectivity index (χ3n) is 5.09. The van der Waals surface area contributed by atoms with Crippen molar-refractivity contribution < 1.29 is 4.79 Å². The van der Waals surface area contributed by atoms with Crippen molar-refractivity contribution in [1.82, 2.24) is 4.90 Å². The Morgan fingerprint density at radius 1 is 0.794 bits per heavy atom. The predicted molar refractivity (Wildman–Crippen MR) is 152 cm³/mol. The standard InChI is InChI=1S/C21H27NO.C7H10.2C2H6/c1-3-15-22(16-4-2)21(23)17-20(18-11-7-5-8-12-18)19-13-9-6-10-14-19;1-5-7(4)6(2)3;2*1-2/h5-14,20H,3-4,15-17H2,1-2H3;1H,2-4H3;2*1-2H3. The number of hydrogen-bond donors (Lipinski definition) is 0. The Morgan fingerprint density at radius 3 is 1.44 bits per heavy atom. The summed E-state index contributed by atoms with van der Waals surface area (Å²) in [6.07, 6.45) is 7.61. The van der Waals surface area contributed by atoms with Crippen LogP contribution in [0.2, 0.25) is 0 Å². The van der Waals surface area contributed by atoms with E-state index >= 15 is 0 Å². The highest BCUT2D eigenvalue weighted by atomic mass is 16.2. The van der Waals surface area contributed by atoms with E-state index in [1.54, 1.807) is 0 Å². The molecule has 0 unspecified atom stereocenters. The molecule has 0 aromatic heterocycles. The molecular formula is C32H49NO. The lowest BCUT2D eigenvalue weighted by atomic mass is 9.88. The van der Waals surface area contributed by atoms with Crippen molar-refractivity contribution in [3.8, 4) is 12.3 Å². The molecular weight excluding hydrogens is 414 g/mol. The summed E-state index contributed by atoms with van der Waals surface area (Å²) in [6, 6.07) is 20.7. The summed E-state index contributed by atoms with van der Waals surface area (Å²) < 4.78 is 0. The van der Waals surface area contributed by atoms with E-state index in [9.17, 15) is 4.79 Å². The van der Waals surface area contributed by atoms with E-state index in [-0.39, 0.29) is 11.8 Å². The van der Waals surface area contributed by atoms with E-state index in [4.69, 9.17) is 6.42 Å². The first-order valence-corrected chi connectivity index (χ1v) is 12.9. The Morgan fingerprint density at radius 2 is 1.18 bits per heavy atom. The van der Waals surface area contributed by atoms with Gasteiger partial charge in [0.1, 0.15) is 0 Å². The van der Waals surface area contributed by atoms with E-state index in [0.717, 1.165) is 31.5 Å². The number of rotatable bonds is 8. The van der Waals surface area contributed by atoms with Crippen LogP contribution in [0.5, 0.6) is 0 Å². The average Bonchev–Trinajstić information content (AvgIpc) is 2.90. The molecule has 1 amide bonds. The third-order valence-corrected chi connectivity index (χ3v) is 5.09. The fourth-order valence-corrected chi connectivity index (χ4v) is 3.15. The number of amides is 1. The molecule has 2 aromatic carbocycles. The van der Waals surface area contributed by atoms with Crippen LogP contribution in [0.3, 0.4) is 0 Å². The van der Waals surface area contributed by atoms with Gasteiger partial charge in [0.05, 0.1) is 0 Å². The Kier molecular flexibility index (Phi) is 21.6. The molecule has 2 heteroatoms. The Hall–Kier alpha value is -2.79. The van der Waals surface area contributed by atoms with E-state index in [0.29, 0.717) is 6.42 Å². The molecule has 0 aliphatic heterocycles. The lowest BCUT2D eigenvalue weighted by Gasteiger charge is -2.25. The van der Waals surface area contributed by atoms with Crippen LogP contribution in [0.4, 0.5) is 0 Å². The molecule has 0 fully saturated rings. The van der Waals surface area contributed by atoms with Gasteiger partial charge in [0, 0.05) is 25.4 Å². The first-order chi connectivity index (χ1) is 16.4. The summed E-state index contributed by atoms with van der Waals surface area (Å²) in [5.41, 5.74) is 4.68. The summed E-state index contributed by atoms with van der Waals surface area (Å²) in [7, 11) is 0. The first-order valence-electron chi connectivity index (χ1n) is 12.9. The summed E-state index contributed by atoms with van der Waals surface area (Å²) in [5.74, 6) is 2.93. The predicted octanol–water partition coefficient (Wildman–Crippen LogP) is 8.89. The van der Waals surface area contributed by atoms with Crippen molar-refractivity contribution in [2.45, 2.75) is 87.5 Å². The fourth-order valence-electron chi connectivity index (χ4n) is 3.15. The third kappa shape index (κ3) is 13.7. The van der Waals surface area contributed by atoms with Crippen LogP contribution in [0.15, 0.2) is 71.8 Å². The van der Waals surface area contributed by atoms with Crippen LogP contribution in [0.1, 0.15) is 98.6 Å². The van der Waals surface area contributed by atoms with Crippen molar-refractivity contribution in [2.24, 2.45) is 0 Å². The van der Waals surface area contributed by atoms with Crippen LogP contribution in [0, 0.1) is 12.3 Å². The number of terminal acetylenes is 1. The topological polar surface area (TPSA) is 20.3 Å². The molecule has 188 valence electrons. The second-order valence-corrected chi connectivity index (χ2v) is 7.73. The number of hydrogen-bond acceptors (Lipinski definition) is 1. The zero-order valence-corrected chi connectivity index (χ0v) is 23.3. The van der Waals surface area contributed by atoms with Gasteiger partial charge in [-0.15, -0.1) is 6.42 Å². The molecule has 0 atom stereocenters. The zero-order valence-electron chi connectivity index (χ0n) is 23.3. The minimum atomic E-state index is 0.126. The Balaban J connectivity index is 0. The van der Waals surface area contributed by atoms with Gasteiger partial charge in [-0.3, -0.25) is 4.79 Å². The van der Waals surface area contributed by atoms with Crippen LogP contribution in [-0.4, -0.2) is 23.9 Å². The van der Waals surface area contributed by atoms with E-state index < -0.39 is 0 Å². The minimum Gasteiger partial charge on any atom is -0.343 e. The quantitative estimate of drug-likeness (QED) is 0.358. The van der Waals surface area contributed by atoms with Crippen molar-refractivity contribution in [3.05, 3.63) is 82.9 Å². The number of carbonyl (C=O) groups is 1. The normalized spacial score (nSPS) is 9.09. The van der Waals surface area contributed by atoms with Gasteiger partial charge < -0.3 is 4.90 Å². The number of allylic oxidation sites excluding steroid dienone is 2. The van der Waals surface area contributed by atoms with Crippen molar-refractivity contribution in [1.29, 1.82) is 0 Å². The van der Waals surface area contributed by atoms with Gasteiger partial charge in [-0.1, -0.05) is 114 Å². The number of carbonyl (C=O) groups excluding carboxylic acids is 1. The largest absolute Gasteiger partial charge is 0.343 e. The maximum atomic E-state index is 12.8. The molecule has 0 aliphatic carbocycles. The molecule has 0 saturated carbocycles. The van der Waals surface area contributed by atoms with Crippen molar-refractivity contribution >= 4 is 5.91 Å². The monoisotopic (exact) mass is 463 g/mol. The second-order valence-electron chi connectivity index (χ2n) is 7.73.